The second-order valence-electron chi connectivity index (χ2n) is 4.96. The summed E-state index contributed by atoms with van der Waals surface area (Å²) >= 11 is 0. The summed E-state index contributed by atoms with van der Waals surface area (Å²) in [6.45, 7) is 6.70. The van der Waals surface area contributed by atoms with Gasteiger partial charge in [0.15, 0.2) is 0 Å². The van der Waals surface area contributed by atoms with Crippen molar-refractivity contribution in [2.75, 3.05) is 31.9 Å². The predicted octanol–water partition coefficient (Wildman–Crippen LogP) is 1.34. The van der Waals surface area contributed by atoms with Crippen LogP contribution < -0.4 is 10.5 Å². The Balaban J connectivity index is 2.79. The molecule has 0 saturated carbocycles. The summed E-state index contributed by atoms with van der Waals surface area (Å²) in [6, 6.07) is 10.1. The van der Waals surface area contributed by atoms with Gasteiger partial charge in [-0.2, -0.15) is 0 Å². The highest BCUT2D eigenvalue weighted by Crippen LogP contribution is 2.19. The van der Waals surface area contributed by atoms with Crippen molar-refractivity contribution in [3.05, 3.63) is 35.9 Å². The van der Waals surface area contributed by atoms with Gasteiger partial charge in [0.25, 0.3) is 0 Å². The van der Waals surface area contributed by atoms with Crippen molar-refractivity contribution in [2.24, 2.45) is 5.73 Å². The number of sulfonamides is 1. The number of nitrogens with two attached hydrogens (primary N) is 1. The first-order chi connectivity index (χ1) is 10.0. The lowest BCUT2D eigenvalue weighted by molar-refractivity contribution is 0.220. The van der Waals surface area contributed by atoms with E-state index in [0.717, 1.165) is 18.7 Å². The number of hydrogen-bond acceptors (Lipinski definition) is 4. The van der Waals surface area contributed by atoms with Crippen LogP contribution in [0.4, 0.5) is 0 Å². The van der Waals surface area contributed by atoms with Gasteiger partial charge in [0.1, 0.15) is 0 Å². The number of likely N-dealkylation sites (N-methyl/N-ethyl adjacent to an activating group) is 1. The fraction of sp³-hybridized carbons (Fsp3) is 0.600. The Morgan fingerprint density at radius 2 is 1.81 bits per heavy atom. The van der Waals surface area contributed by atoms with Crippen molar-refractivity contribution in [1.82, 2.24) is 9.62 Å². The third-order valence-corrected chi connectivity index (χ3v) is 4.98. The minimum Gasteiger partial charge on any atom is -0.330 e. The van der Waals surface area contributed by atoms with Crippen LogP contribution in [0.2, 0.25) is 0 Å². The van der Waals surface area contributed by atoms with E-state index in [9.17, 15) is 8.42 Å². The topological polar surface area (TPSA) is 75.4 Å². The molecule has 3 N–H and O–H groups in total. The van der Waals surface area contributed by atoms with Crippen LogP contribution in [0.15, 0.2) is 30.3 Å². The summed E-state index contributed by atoms with van der Waals surface area (Å²) in [6.07, 6.45) is 0.483. The first kappa shape index (κ1) is 18.1. The minimum atomic E-state index is -3.25. The molecule has 0 aromatic heterocycles. The molecule has 0 spiro atoms. The molecule has 0 fully saturated rings. The van der Waals surface area contributed by atoms with Gasteiger partial charge in [-0.25, -0.2) is 13.1 Å². The van der Waals surface area contributed by atoms with Crippen molar-refractivity contribution >= 4 is 10.0 Å². The van der Waals surface area contributed by atoms with E-state index in [1.54, 1.807) is 0 Å². The Bertz CT molecular complexity index is 487. The second-order valence-corrected chi connectivity index (χ2v) is 6.88. The van der Waals surface area contributed by atoms with Crippen LogP contribution in [0.5, 0.6) is 0 Å². The highest BCUT2D eigenvalue weighted by molar-refractivity contribution is 7.89. The van der Waals surface area contributed by atoms with Gasteiger partial charge in [0.2, 0.25) is 10.0 Å². The lowest BCUT2D eigenvalue weighted by atomic mass is 10.1. The number of hydrogen-bond donors (Lipinski definition) is 2. The van der Waals surface area contributed by atoms with Gasteiger partial charge in [-0.3, -0.25) is 4.90 Å². The van der Waals surface area contributed by atoms with Gasteiger partial charge < -0.3 is 5.73 Å². The Hall–Kier alpha value is -0.950. The van der Waals surface area contributed by atoms with E-state index in [1.165, 1.54) is 0 Å². The van der Waals surface area contributed by atoms with Crippen LogP contribution >= 0.6 is 0 Å². The molecule has 21 heavy (non-hydrogen) atoms. The first-order valence-electron chi connectivity index (χ1n) is 7.50. The number of benzene rings is 1. The Morgan fingerprint density at radius 3 is 2.33 bits per heavy atom. The Kier molecular flexibility index (Phi) is 7.88. The third-order valence-electron chi connectivity index (χ3n) is 3.55. The van der Waals surface area contributed by atoms with Crippen LogP contribution in [0.1, 0.15) is 31.9 Å². The lowest BCUT2D eigenvalue weighted by Gasteiger charge is -2.30. The Labute approximate surface area is 128 Å². The molecule has 0 radical (unpaired) electrons. The smallest absolute Gasteiger partial charge is 0.211 e. The van der Waals surface area contributed by atoms with E-state index in [2.05, 4.69) is 23.5 Å². The first-order valence-corrected chi connectivity index (χ1v) is 9.15. The fourth-order valence-corrected chi connectivity index (χ4v) is 3.45. The van der Waals surface area contributed by atoms with Crippen LogP contribution in [-0.4, -0.2) is 45.2 Å². The summed E-state index contributed by atoms with van der Waals surface area (Å²) in [5.41, 5.74) is 6.50. The molecule has 1 aromatic carbocycles. The van der Waals surface area contributed by atoms with E-state index >= 15 is 0 Å². The van der Waals surface area contributed by atoms with Gasteiger partial charge in [-0.1, -0.05) is 44.2 Å². The molecule has 0 bridgehead atoms. The SMILES string of the molecule is CCN(CC)C(CNS(=O)(=O)CCCN)c1ccccc1. The third kappa shape index (κ3) is 6.13. The van der Waals surface area contributed by atoms with E-state index in [0.29, 0.717) is 19.5 Å². The van der Waals surface area contributed by atoms with Crippen LogP contribution in [0.25, 0.3) is 0 Å². The van der Waals surface area contributed by atoms with Crippen molar-refractivity contribution < 1.29 is 8.42 Å². The molecule has 1 unspecified atom stereocenters. The van der Waals surface area contributed by atoms with Crippen LogP contribution in [-0.2, 0) is 10.0 Å². The summed E-state index contributed by atoms with van der Waals surface area (Å²) in [5.74, 6) is 0.0866. The molecule has 1 aromatic rings. The molecule has 6 heteroatoms. The summed E-state index contributed by atoms with van der Waals surface area (Å²) in [4.78, 5) is 2.25. The van der Waals surface area contributed by atoms with Crippen molar-refractivity contribution in [1.29, 1.82) is 0 Å². The van der Waals surface area contributed by atoms with E-state index in [4.69, 9.17) is 5.73 Å². The minimum absolute atomic E-state index is 0.0499. The lowest BCUT2D eigenvalue weighted by Crippen LogP contribution is -2.39. The largest absolute Gasteiger partial charge is 0.330 e. The van der Waals surface area contributed by atoms with Crippen LogP contribution in [0.3, 0.4) is 0 Å². The van der Waals surface area contributed by atoms with E-state index in [1.807, 2.05) is 30.3 Å². The van der Waals surface area contributed by atoms with Gasteiger partial charge in [0.05, 0.1) is 5.75 Å². The van der Waals surface area contributed by atoms with Gasteiger partial charge in [0, 0.05) is 12.6 Å². The molecule has 0 amide bonds. The molecule has 0 aliphatic carbocycles. The molecule has 0 aliphatic rings. The quantitative estimate of drug-likeness (QED) is 0.683. The van der Waals surface area contributed by atoms with Gasteiger partial charge >= 0.3 is 0 Å². The predicted molar refractivity (Wildman–Crippen MR) is 87.6 cm³/mol. The molecular weight excluding hydrogens is 286 g/mol. The average Bonchev–Trinajstić information content (AvgIpc) is 2.50. The van der Waals surface area contributed by atoms with Gasteiger partial charge in [-0.15, -0.1) is 0 Å². The maximum Gasteiger partial charge on any atom is 0.211 e. The second kappa shape index (κ2) is 9.15. The van der Waals surface area contributed by atoms with Crippen molar-refractivity contribution in [3.8, 4) is 0 Å². The Morgan fingerprint density at radius 1 is 1.19 bits per heavy atom. The molecule has 120 valence electrons. The molecule has 5 nitrogen and oxygen atoms in total. The number of rotatable bonds is 10. The number of nitrogens with zero attached hydrogens (tertiary/aromatic N) is 1. The molecule has 0 heterocycles. The molecular formula is C15H27N3O2S. The zero-order valence-corrected chi connectivity index (χ0v) is 13.8. The molecule has 0 saturated heterocycles. The van der Waals surface area contributed by atoms with E-state index in [-0.39, 0.29) is 11.8 Å². The average molecular weight is 313 g/mol. The molecule has 0 aliphatic heterocycles. The molecule has 1 atom stereocenters. The van der Waals surface area contributed by atoms with E-state index < -0.39 is 10.0 Å². The highest BCUT2D eigenvalue weighted by atomic mass is 32.2. The normalized spacial score (nSPS) is 13.5. The zero-order valence-electron chi connectivity index (χ0n) is 13.0. The van der Waals surface area contributed by atoms with Gasteiger partial charge in [-0.05, 0) is 31.6 Å². The standard InChI is InChI=1S/C15H27N3O2S/c1-3-18(4-2)15(14-9-6-5-7-10-14)13-17-21(19,20)12-8-11-16/h5-7,9-10,15,17H,3-4,8,11-13,16H2,1-2H3. The van der Waals surface area contributed by atoms with Crippen molar-refractivity contribution in [2.45, 2.75) is 26.3 Å². The maximum absolute atomic E-state index is 11.9. The summed E-state index contributed by atoms with van der Waals surface area (Å²) in [5, 5.41) is 0. The van der Waals surface area contributed by atoms with Crippen molar-refractivity contribution in [3.63, 3.8) is 0 Å². The maximum atomic E-state index is 11.9. The molecule has 1 rings (SSSR count). The number of nitrogens with one attached hydrogen (secondary N) is 1. The summed E-state index contributed by atoms with van der Waals surface area (Å²) < 4.78 is 26.6. The zero-order chi connectivity index (χ0) is 15.7. The summed E-state index contributed by atoms with van der Waals surface area (Å²) in [7, 11) is -3.25. The van der Waals surface area contributed by atoms with Crippen LogP contribution in [0, 0.1) is 0 Å². The fourth-order valence-electron chi connectivity index (χ4n) is 2.35. The monoisotopic (exact) mass is 313 g/mol. The highest BCUT2D eigenvalue weighted by Gasteiger charge is 2.20.